The summed E-state index contributed by atoms with van der Waals surface area (Å²) in [5, 5.41) is 18.6. The van der Waals surface area contributed by atoms with Gasteiger partial charge in [0, 0.05) is 7.05 Å². The minimum absolute atomic E-state index is 0.358. The standard InChI is InChI=1S/C16H15FN2O/c1-11(20)12-7-8-16(14(17)9-12)19(2)15-6-4-3-5-13(15)10-18/h3-9,11,20H,1-2H3/t11-/m0/s1. The zero-order valence-electron chi connectivity index (χ0n) is 11.3. The monoisotopic (exact) mass is 270 g/mol. The number of aliphatic hydroxyl groups excluding tert-OH is 1. The molecule has 102 valence electrons. The zero-order chi connectivity index (χ0) is 14.7. The first-order chi connectivity index (χ1) is 9.54. The number of aliphatic hydroxyl groups is 1. The highest BCUT2D eigenvalue weighted by Gasteiger charge is 2.14. The summed E-state index contributed by atoms with van der Waals surface area (Å²) in [6.45, 7) is 1.59. The van der Waals surface area contributed by atoms with Gasteiger partial charge in [0.25, 0.3) is 0 Å². The second-order valence-corrected chi connectivity index (χ2v) is 4.57. The molecule has 4 heteroatoms. The lowest BCUT2D eigenvalue weighted by atomic mass is 10.1. The fourth-order valence-corrected chi connectivity index (χ4v) is 2.05. The van der Waals surface area contributed by atoms with Gasteiger partial charge in [-0.15, -0.1) is 0 Å². The molecule has 0 amide bonds. The third kappa shape index (κ3) is 2.63. The smallest absolute Gasteiger partial charge is 0.147 e. The van der Waals surface area contributed by atoms with Gasteiger partial charge in [-0.1, -0.05) is 18.2 Å². The Balaban J connectivity index is 2.44. The van der Waals surface area contributed by atoms with Crippen LogP contribution < -0.4 is 4.90 Å². The molecule has 0 aliphatic heterocycles. The summed E-state index contributed by atoms with van der Waals surface area (Å²) in [4.78, 5) is 1.62. The van der Waals surface area contributed by atoms with Crippen LogP contribution in [0.4, 0.5) is 15.8 Å². The molecule has 0 saturated carbocycles. The lowest BCUT2D eigenvalue weighted by molar-refractivity contribution is 0.199. The normalized spacial score (nSPS) is 11.8. The van der Waals surface area contributed by atoms with Crippen LogP contribution in [0.25, 0.3) is 0 Å². The van der Waals surface area contributed by atoms with Gasteiger partial charge < -0.3 is 10.0 Å². The van der Waals surface area contributed by atoms with E-state index in [9.17, 15) is 9.50 Å². The molecule has 0 aliphatic rings. The zero-order valence-corrected chi connectivity index (χ0v) is 11.3. The number of nitriles is 1. The second-order valence-electron chi connectivity index (χ2n) is 4.57. The van der Waals surface area contributed by atoms with Crippen LogP contribution in [0.1, 0.15) is 24.2 Å². The van der Waals surface area contributed by atoms with Crippen LogP contribution in [0, 0.1) is 17.1 Å². The Hall–Kier alpha value is -2.38. The van der Waals surface area contributed by atoms with Crippen molar-refractivity contribution in [3.8, 4) is 6.07 Å². The summed E-state index contributed by atoms with van der Waals surface area (Å²) >= 11 is 0. The van der Waals surface area contributed by atoms with Crippen molar-refractivity contribution in [2.24, 2.45) is 0 Å². The van der Waals surface area contributed by atoms with Crippen LogP contribution in [0.5, 0.6) is 0 Å². The first-order valence-electron chi connectivity index (χ1n) is 6.25. The van der Waals surface area contributed by atoms with E-state index >= 15 is 0 Å². The van der Waals surface area contributed by atoms with Crippen molar-refractivity contribution in [3.63, 3.8) is 0 Å². The van der Waals surface area contributed by atoms with Gasteiger partial charge in [0.05, 0.1) is 23.0 Å². The van der Waals surface area contributed by atoms with Gasteiger partial charge in [0.15, 0.2) is 0 Å². The summed E-state index contributed by atoms with van der Waals surface area (Å²) in [7, 11) is 1.70. The average molecular weight is 270 g/mol. The fraction of sp³-hybridized carbons (Fsp3) is 0.188. The number of para-hydroxylation sites is 1. The van der Waals surface area contributed by atoms with Crippen molar-refractivity contribution in [3.05, 3.63) is 59.4 Å². The van der Waals surface area contributed by atoms with Crippen LogP contribution >= 0.6 is 0 Å². The van der Waals surface area contributed by atoms with Crippen LogP contribution in [0.3, 0.4) is 0 Å². The van der Waals surface area contributed by atoms with Gasteiger partial charge in [-0.2, -0.15) is 5.26 Å². The SMILES string of the molecule is C[C@H](O)c1ccc(N(C)c2ccccc2C#N)c(F)c1. The van der Waals surface area contributed by atoms with Crippen molar-refractivity contribution < 1.29 is 9.50 Å². The average Bonchev–Trinajstić information content (AvgIpc) is 2.46. The van der Waals surface area contributed by atoms with E-state index in [0.717, 1.165) is 0 Å². The molecule has 2 aromatic rings. The number of rotatable bonds is 3. The molecule has 0 aromatic heterocycles. The summed E-state index contributed by atoms with van der Waals surface area (Å²) < 4.78 is 14.1. The third-order valence-corrected chi connectivity index (χ3v) is 3.20. The number of nitrogens with zero attached hydrogens (tertiary/aromatic N) is 2. The molecule has 0 spiro atoms. The van der Waals surface area contributed by atoms with Crippen molar-refractivity contribution >= 4 is 11.4 Å². The van der Waals surface area contributed by atoms with Crippen molar-refractivity contribution in [2.45, 2.75) is 13.0 Å². The maximum Gasteiger partial charge on any atom is 0.147 e. The maximum absolute atomic E-state index is 14.1. The third-order valence-electron chi connectivity index (χ3n) is 3.20. The molecule has 0 unspecified atom stereocenters. The largest absolute Gasteiger partial charge is 0.389 e. The molecule has 1 atom stereocenters. The molecular formula is C16H15FN2O. The Morgan fingerprint density at radius 1 is 1.20 bits per heavy atom. The van der Waals surface area contributed by atoms with Gasteiger partial charge in [-0.3, -0.25) is 0 Å². The highest BCUT2D eigenvalue weighted by Crippen LogP contribution is 2.30. The molecule has 0 fully saturated rings. The Labute approximate surface area is 117 Å². The molecule has 0 bridgehead atoms. The van der Waals surface area contributed by atoms with Gasteiger partial charge >= 0.3 is 0 Å². The van der Waals surface area contributed by atoms with E-state index in [-0.39, 0.29) is 0 Å². The van der Waals surface area contributed by atoms with Gasteiger partial charge in [0.2, 0.25) is 0 Å². The predicted molar refractivity (Wildman–Crippen MR) is 76.3 cm³/mol. The van der Waals surface area contributed by atoms with Gasteiger partial charge in [-0.05, 0) is 36.8 Å². The Morgan fingerprint density at radius 2 is 1.90 bits per heavy atom. The van der Waals surface area contributed by atoms with Crippen LogP contribution in [-0.4, -0.2) is 12.2 Å². The minimum atomic E-state index is -0.713. The van der Waals surface area contributed by atoms with E-state index in [1.165, 1.54) is 6.07 Å². The quantitative estimate of drug-likeness (QED) is 0.928. The number of hydrogen-bond donors (Lipinski definition) is 1. The molecule has 0 saturated heterocycles. The van der Waals surface area contributed by atoms with Crippen molar-refractivity contribution in [1.29, 1.82) is 5.26 Å². The molecule has 2 aromatic carbocycles. The van der Waals surface area contributed by atoms with E-state index in [1.54, 1.807) is 55.3 Å². The van der Waals surface area contributed by atoms with E-state index < -0.39 is 11.9 Å². The molecular weight excluding hydrogens is 255 g/mol. The highest BCUT2D eigenvalue weighted by molar-refractivity contribution is 5.69. The number of anilines is 2. The Bertz CT molecular complexity index is 662. The summed E-state index contributed by atoms with van der Waals surface area (Å²) in [6.07, 6.45) is -0.713. The topological polar surface area (TPSA) is 47.3 Å². The van der Waals surface area contributed by atoms with E-state index in [1.807, 2.05) is 0 Å². The Morgan fingerprint density at radius 3 is 2.50 bits per heavy atom. The Kier molecular flexibility index (Phi) is 4.02. The highest BCUT2D eigenvalue weighted by atomic mass is 19.1. The summed E-state index contributed by atoms with van der Waals surface area (Å²) in [5.41, 5.74) is 2.00. The van der Waals surface area contributed by atoms with E-state index in [2.05, 4.69) is 6.07 Å². The second kappa shape index (κ2) is 5.72. The number of hydrogen-bond acceptors (Lipinski definition) is 3. The summed E-state index contributed by atoms with van der Waals surface area (Å²) in [6, 6.07) is 13.7. The van der Waals surface area contributed by atoms with Crippen molar-refractivity contribution in [1.82, 2.24) is 0 Å². The predicted octanol–water partition coefficient (Wildman–Crippen LogP) is 3.52. The maximum atomic E-state index is 14.1. The lowest BCUT2D eigenvalue weighted by Gasteiger charge is -2.21. The van der Waals surface area contributed by atoms with Gasteiger partial charge in [-0.25, -0.2) is 4.39 Å². The van der Waals surface area contributed by atoms with Crippen molar-refractivity contribution in [2.75, 3.05) is 11.9 Å². The number of benzene rings is 2. The molecule has 0 radical (unpaired) electrons. The first kappa shape index (κ1) is 14.0. The lowest BCUT2D eigenvalue weighted by Crippen LogP contribution is -2.13. The molecule has 20 heavy (non-hydrogen) atoms. The molecule has 0 heterocycles. The van der Waals surface area contributed by atoms with E-state index in [0.29, 0.717) is 22.5 Å². The fourth-order valence-electron chi connectivity index (χ4n) is 2.05. The van der Waals surface area contributed by atoms with Crippen LogP contribution in [-0.2, 0) is 0 Å². The van der Waals surface area contributed by atoms with Crippen LogP contribution in [0.2, 0.25) is 0 Å². The number of halogens is 1. The van der Waals surface area contributed by atoms with Gasteiger partial charge in [0.1, 0.15) is 11.9 Å². The molecule has 0 aliphatic carbocycles. The molecule has 3 nitrogen and oxygen atoms in total. The molecule has 2 rings (SSSR count). The van der Waals surface area contributed by atoms with E-state index in [4.69, 9.17) is 5.26 Å². The van der Waals surface area contributed by atoms with Crippen LogP contribution in [0.15, 0.2) is 42.5 Å². The molecule has 1 N–H and O–H groups in total. The first-order valence-corrected chi connectivity index (χ1v) is 6.25. The minimum Gasteiger partial charge on any atom is -0.389 e. The summed E-state index contributed by atoms with van der Waals surface area (Å²) in [5.74, 6) is -0.432.